The second kappa shape index (κ2) is 3.97. The van der Waals surface area contributed by atoms with Gasteiger partial charge < -0.3 is 5.21 Å². The van der Waals surface area contributed by atoms with Crippen molar-refractivity contribution in [2.45, 2.75) is 0 Å². The minimum atomic E-state index is 0.610. The van der Waals surface area contributed by atoms with Crippen molar-refractivity contribution in [3.05, 3.63) is 45.0 Å². The summed E-state index contributed by atoms with van der Waals surface area (Å²) in [6, 6.07) is 10.1. The molecule has 0 aliphatic heterocycles. The minimum absolute atomic E-state index is 0.610. The monoisotopic (exact) mass is 379 g/mol. The Bertz CT molecular complexity index is 856. The van der Waals surface area contributed by atoms with Crippen LogP contribution in [-0.4, -0.2) is 19.7 Å². The van der Waals surface area contributed by atoms with Crippen molar-refractivity contribution in [2.24, 2.45) is 5.16 Å². The van der Waals surface area contributed by atoms with E-state index in [-0.39, 0.29) is 0 Å². The van der Waals surface area contributed by atoms with E-state index in [1.165, 1.54) is 11.7 Å². The summed E-state index contributed by atoms with van der Waals surface area (Å²) >= 11 is 3.45. The third-order valence-corrected chi connectivity index (χ3v) is 4.50. The van der Waals surface area contributed by atoms with E-state index < -0.39 is 0 Å². The molecule has 3 aromatic rings. The van der Waals surface area contributed by atoms with Crippen LogP contribution in [0.15, 0.2) is 35.5 Å². The third-order valence-electron chi connectivity index (χ3n) is 3.28. The van der Waals surface area contributed by atoms with Gasteiger partial charge in [0.25, 0.3) is 0 Å². The van der Waals surface area contributed by atoms with Crippen LogP contribution in [0.4, 0.5) is 0 Å². The van der Waals surface area contributed by atoms with Gasteiger partial charge in [-0.25, -0.2) is 0 Å². The molecule has 4 rings (SSSR count). The van der Waals surface area contributed by atoms with Crippen LogP contribution < -0.4 is 0 Å². The van der Waals surface area contributed by atoms with Crippen LogP contribution >= 0.6 is 34.3 Å². The number of benzene rings is 2. The summed E-state index contributed by atoms with van der Waals surface area (Å²) in [5, 5.41) is 12.8. The Balaban J connectivity index is 2.13. The number of aromatic nitrogens is 2. The summed E-state index contributed by atoms with van der Waals surface area (Å²) in [7, 11) is 0. The first kappa shape index (κ1) is 11.3. The number of oxime groups is 1. The lowest BCUT2D eigenvalue weighted by Gasteiger charge is -1.99. The molecule has 1 aliphatic carbocycles. The zero-order valence-corrected chi connectivity index (χ0v) is 12.4. The Kier molecular flexibility index (Phi) is 2.36. The van der Waals surface area contributed by atoms with Crippen LogP contribution in [0.2, 0.25) is 0 Å². The summed E-state index contributed by atoms with van der Waals surface area (Å²) in [6.07, 6.45) is 0. The molecule has 19 heavy (non-hydrogen) atoms. The van der Waals surface area contributed by atoms with Gasteiger partial charge in [0.2, 0.25) is 0 Å². The molecule has 0 unspecified atom stereocenters. The number of hydrogen-bond acceptors (Lipinski definition) is 5. The quantitative estimate of drug-likeness (QED) is 0.289. The Morgan fingerprint density at radius 3 is 2.37 bits per heavy atom. The summed E-state index contributed by atoms with van der Waals surface area (Å²) in [5.41, 5.74) is 6.34. The van der Waals surface area contributed by atoms with Crippen LogP contribution in [0.5, 0.6) is 0 Å². The van der Waals surface area contributed by atoms with Gasteiger partial charge in [0.1, 0.15) is 16.7 Å². The molecule has 0 atom stereocenters. The highest BCUT2D eigenvalue weighted by Crippen LogP contribution is 2.39. The fourth-order valence-electron chi connectivity index (χ4n) is 2.45. The summed E-state index contributed by atoms with van der Waals surface area (Å²) < 4.78 is 9.62. The lowest BCUT2D eigenvalue weighted by molar-refractivity contribution is 0.320. The maximum atomic E-state index is 9.33. The van der Waals surface area contributed by atoms with E-state index in [0.29, 0.717) is 5.71 Å². The second-order valence-electron chi connectivity index (χ2n) is 4.29. The Morgan fingerprint density at radius 1 is 0.947 bits per heavy atom. The van der Waals surface area contributed by atoms with Gasteiger partial charge in [-0.1, -0.05) is 11.2 Å². The molecule has 0 fully saturated rings. The van der Waals surface area contributed by atoms with Crippen molar-refractivity contribution >= 4 is 51.1 Å². The molecule has 0 radical (unpaired) electrons. The Labute approximate surface area is 126 Å². The topological polar surface area (TPSA) is 58.4 Å². The minimum Gasteiger partial charge on any atom is -0.410 e. The average Bonchev–Trinajstić information content (AvgIpc) is 2.96. The van der Waals surface area contributed by atoms with Gasteiger partial charge in [0.05, 0.1) is 11.7 Å². The van der Waals surface area contributed by atoms with Crippen molar-refractivity contribution in [3.63, 3.8) is 0 Å². The highest BCUT2D eigenvalue weighted by molar-refractivity contribution is 14.1. The highest BCUT2D eigenvalue weighted by Gasteiger charge is 2.26. The van der Waals surface area contributed by atoms with Gasteiger partial charge in [-0.15, -0.1) is 0 Å². The zero-order chi connectivity index (χ0) is 13.0. The second-order valence-corrected chi connectivity index (χ2v) is 6.06. The van der Waals surface area contributed by atoms with Gasteiger partial charge >= 0.3 is 0 Å². The fourth-order valence-corrected chi connectivity index (χ4v) is 3.45. The van der Waals surface area contributed by atoms with Crippen LogP contribution in [0.3, 0.4) is 0 Å². The summed E-state index contributed by atoms with van der Waals surface area (Å²) in [6.45, 7) is 0. The van der Waals surface area contributed by atoms with E-state index in [1.807, 2.05) is 24.3 Å². The fraction of sp³-hybridized carbons (Fsp3) is 0. The third kappa shape index (κ3) is 1.53. The molecule has 1 heterocycles. The molecule has 0 saturated carbocycles. The molecule has 4 nitrogen and oxygen atoms in total. The molecule has 0 amide bonds. The number of nitrogens with zero attached hydrogens (tertiary/aromatic N) is 3. The van der Waals surface area contributed by atoms with Gasteiger partial charge in [0.15, 0.2) is 0 Å². The number of rotatable bonds is 0. The number of halogens is 1. The molecule has 2 aromatic carbocycles. The molecule has 0 saturated heterocycles. The molecule has 1 N–H and O–H groups in total. The maximum Gasteiger partial charge on any atom is 0.118 e. The van der Waals surface area contributed by atoms with Crippen LogP contribution in [-0.2, 0) is 0 Å². The van der Waals surface area contributed by atoms with Crippen LogP contribution in [0.25, 0.3) is 22.2 Å². The van der Waals surface area contributed by atoms with Crippen LogP contribution in [0.1, 0.15) is 11.1 Å². The Morgan fingerprint density at radius 2 is 1.63 bits per heavy atom. The van der Waals surface area contributed by atoms with E-state index in [4.69, 9.17) is 0 Å². The smallest absolute Gasteiger partial charge is 0.118 e. The van der Waals surface area contributed by atoms with Crippen molar-refractivity contribution in [2.75, 3.05) is 0 Å². The first-order valence-electron chi connectivity index (χ1n) is 5.57. The molecule has 6 heteroatoms. The molecular weight excluding hydrogens is 373 g/mol. The summed E-state index contributed by atoms with van der Waals surface area (Å²) in [4.78, 5) is 0. The van der Waals surface area contributed by atoms with E-state index in [1.54, 1.807) is 0 Å². The standard InChI is InChI=1S/C13H6IN3OS/c14-6-1-2-7-8-4-11-12(17-19-16-11)5-10(8)13(15-18)9(7)3-6/h1-5,18H/b15-13+. The van der Waals surface area contributed by atoms with E-state index in [0.717, 1.165) is 36.9 Å². The maximum absolute atomic E-state index is 9.33. The predicted molar refractivity (Wildman–Crippen MR) is 83.0 cm³/mol. The van der Waals surface area contributed by atoms with Gasteiger partial charge in [-0.3, -0.25) is 0 Å². The Hall–Kier alpha value is -1.54. The zero-order valence-electron chi connectivity index (χ0n) is 9.46. The number of fused-ring (bicyclic) bond motifs is 4. The first-order chi connectivity index (χ1) is 9.28. The molecule has 0 spiro atoms. The van der Waals surface area contributed by atoms with Crippen molar-refractivity contribution in [1.29, 1.82) is 0 Å². The molecule has 1 aromatic heterocycles. The molecule has 1 aliphatic rings. The SMILES string of the molecule is O/N=C1\c2cc(I)ccc2-c2cc3nsnc3cc21. The van der Waals surface area contributed by atoms with Crippen molar-refractivity contribution in [3.8, 4) is 11.1 Å². The predicted octanol–water partition coefficient (Wildman–Crippen LogP) is 3.50. The lowest BCUT2D eigenvalue weighted by Crippen LogP contribution is -1.98. The van der Waals surface area contributed by atoms with Crippen molar-refractivity contribution in [1.82, 2.24) is 8.75 Å². The van der Waals surface area contributed by atoms with E-state index in [2.05, 4.69) is 42.6 Å². The average molecular weight is 379 g/mol. The number of hydrogen-bond donors (Lipinski definition) is 1. The molecular formula is C13H6IN3OS. The normalized spacial score (nSPS) is 14.9. The molecule has 0 bridgehead atoms. The highest BCUT2D eigenvalue weighted by atomic mass is 127. The van der Waals surface area contributed by atoms with E-state index >= 15 is 0 Å². The van der Waals surface area contributed by atoms with Crippen LogP contribution in [0, 0.1) is 3.57 Å². The first-order valence-corrected chi connectivity index (χ1v) is 7.38. The van der Waals surface area contributed by atoms with Crippen molar-refractivity contribution < 1.29 is 5.21 Å². The van der Waals surface area contributed by atoms with Gasteiger partial charge in [-0.2, -0.15) is 8.75 Å². The van der Waals surface area contributed by atoms with E-state index in [9.17, 15) is 5.21 Å². The summed E-state index contributed by atoms with van der Waals surface area (Å²) in [5.74, 6) is 0. The molecule has 92 valence electrons. The lowest BCUT2D eigenvalue weighted by atomic mass is 10.1. The van der Waals surface area contributed by atoms with Gasteiger partial charge in [-0.05, 0) is 58.0 Å². The van der Waals surface area contributed by atoms with Gasteiger partial charge in [0, 0.05) is 14.7 Å². The largest absolute Gasteiger partial charge is 0.410 e.